The van der Waals surface area contributed by atoms with Crippen molar-refractivity contribution in [1.29, 1.82) is 0 Å². The first-order valence-electron chi connectivity index (χ1n) is 5.94. The molecule has 2 aromatic rings. The van der Waals surface area contributed by atoms with E-state index in [0.717, 1.165) is 18.5 Å². The van der Waals surface area contributed by atoms with Crippen molar-refractivity contribution in [2.75, 3.05) is 6.54 Å². The highest BCUT2D eigenvalue weighted by Crippen LogP contribution is 1.98. The summed E-state index contributed by atoms with van der Waals surface area (Å²) in [4.78, 5) is 19.8. The van der Waals surface area contributed by atoms with Crippen LogP contribution in [0.25, 0.3) is 0 Å². The minimum absolute atomic E-state index is 0.0795. The molecule has 18 heavy (non-hydrogen) atoms. The van der Waals surface area contributed by atoms with Gasteiger partial charge in [-0.1, -0.05) is 6.07 Å². The van der Waals surface area contributed by atoms with E-state index in [-0.39, 0.29) is 5.91 Å². The number of aromatic nitrogens is 2. The van der Waals surface area contributed by atoms with Crippen molar-refractivity contribution >= 4 is 5.91 Å². The molecule has 0 aromatic carbocycles. The maximum absolute atomic E-state index is 11.7. The summed E-state index contributed by atoms with van der Waals surface area (Å²) in [5.74, 6) is -0.0795. The number of amides is 1. The zero-order valence-corrected chi connectivity index (χ0v) is 10.0. The van der Waals surface area contributed by atoms with E-state index in [2.05, 4.69) is 15.3 Å². The Bertz CT molecular complexity index is 485. The number of nitrogens with one attached hydrogen (secondary N) is 1. The van der Waals surface area contributed by atoms with Crippen LogP contribution in [0.5, 0.6) is 0 Å². The molecule has 0 fully saturated rings. The molecule has 2 rings (SSSR count). The Hall–Kier alpha value is -2.23. The fourth-order valence-electron chi connectivity index (χ4n) is 1.62. The molecule has 0 aliphatic heterocycles. The van der Waals surface area contributed by atoms with E-state index in [1.807, 2.05) is 18.2 Å². The van der Waals surface area contributed by atoms with Gasteiger partial charge in [-0.2, -0.15) is 0 Å². The van der Waals surface area contributed by atoms with Crippen LogP contribution in [0.2, 0.25) is 0 Å². The Labute approximate surface area is 106 Å². The van der Waals surface area contributed by atoms with Gasteiger partial charge < -0.3 is 5.32 Å². The van der Waals surface area contributed by atoms with Gasteiger partial charge in [0.15, 0.2) is 0 Å². The third kappa shape index (κ3) is 3.66. The summed E-state index contributed by atoms with van der Waals surface area (Å²) in [7, 11) is 0. The quantitative estimate of drug-likeness (QED) is 0.813. The Kier molecular flexibility index (Phi) is 4.41. The van der Waals surface area contributed by atoms with Crippen molar-refractivity contribution < 1.29 is 4.79 Å². The van der Waals surface area contributed by atoms with Crippen LogP contribution in [0, 0.1) is 0 Å². The van der Waals surface area contributed by atoms with Crippen LogP contribution in [-0.4, -0.2) is 22.4 Å². The second-order valence-electron chi connectivity index (χ2n) is 3.92. The van der Waals surface area contributed by atoms with Crippen LogP contribution in [0.3, 0.4) is 0 Å². The van der Waals surface area contributed by atoms with Gasteiger partial charge in [0, 0.05) is 30.8 Å². The van der Waals surface area contributed by atoms with E-state index in [9.17, 15) is 4.79 Å². The van der Waals surface area contributed by atoms with Crippen molar-refractivity contribution in [2.24, 2.45) is 0 Å². The molecule has 0 atom stereocenters. The van der Waals surface area contributed by atoms with Gasteiger partial charge in [0.05, 0.1) is 5.56 Å². The Morgan fingerprint density at radius 2 is 2.11 bits per heavy atom. The first kappa shape index (κ1) is 12.2. The summed E-state index contributed by atoms with van der Waals surface area (Å²) in [5, 5.41) is 2.86. The highest BCUT2D eigenvalue weighted by Gasteiger charge is 2.03. The number of hydrogen-bond donors (Lipinski definition) is 1. The van der Waals surface area contributed by atoms with Crippen molar-refractivity contribution in [3.63, 3.8) is 0 Å². The molecule has 4 nitrogen and oxygen atoms in total. The first-order chi connectivity index (χ1) is 8.86. The maximum atomic E-state index is 11.7. The van der Waals surface area contributed by atoms with Gasteiger partial charge in [-0.25, -0.2) is 0 Å². The zero-order valence-electron chi connectivity index (χ0n) is 10.0. The van der Waals surface area contributed by atoms with Crippen LogP contribution in [0.1, 0.15) is 22.5 Å². The SMILES string of the molecule is O=C(NCCCc1ccccn1)c1cccnc1. The molecule has 2 heterocycles. The Morgan fingerprint density at radius 1 is 1.17 bits per heavy atom. The van der Waals surface area contributed by atoms with Crippen LogP contribution >= 0.6 is 0 Å². The second kappa shape index (κ2) is 6.49. The number of nitrogens with zero attached hydrogens (tertiary/aromatic N) is 2. The average Bonchev–Trinajstić information content (AvgIpc) is 2.45. The summed E-state index contributed by atoms with van der Waals surface area (Å²) >= 11 is 0. The lowest BCUT2D eigenvalue weighted by Crippen LogP contribution is -2.24. The van der Waals surface area contributed by atoms with Crippen molar-refractivity contribution in [3.05, 3.63) is 60.2 Å². The molecule has 1 N–H and O–H groups in total. The highest BCUT2D eigenvalue weighted by atomic mass is 16.1. The van der Waals surface area contributed by atoms with E-state index < -0.39 is 0 Å². The molecule has 0 radical (unpaired) electrons. The summed E-state index contributed by atoms with van der Waals surface area (Å²) in [6, 6.07) is 9.36. The van der Waals surface area contributed by atoms with Crippen LogP contribution < -0.4 is 5.32 Å². The van der Waals surface area contributed by atoms with Gasteiger partial charge in [-0.3, -0.25) is 14.8 Å². The van der Waals surface area contributed by atoms with Crippen molar-refractivity contribution in [1.82, 2.24) is 15.3 Å². The van der Waals surface area contributed by atoms with E-state index in [1.54, 1.807) is 30.7 Å². The Balaban J connectivity index is 1.72. The van der Waals surface area contributed by atoms with E-state index in [0.29, 0.717) is 12.1 Å². The minimum atomic E-state index is -0.0795. The lowest BCUT2D eigenvalue weighted by molar-refractivity contribution is 0.0953. The first-order valence-corrected chi connectivity index (χ1v) is 5.94. The van der Waals surface area contributed by atoms with Gasteiger partial charge >= 0.3 is 0 Å². The van der Waals surface area contributed by atoms with E-state index in [4.69, 9.17) is 0 Å². The van der Waals surface area contributed by atoms with Crippen LogP contribution in [-0.2, 0) is 6.42 Å². The third-order valence-electron chi connectivity index (χ3n) is 2.55. The smallest absolute Gasteiger partial charge is 0.252 e. The number of rotatable bonds is 5. The van der Waals surface area contributed by atoms with Gasteiger partial charge in [0.2, 0.25) is 0 Å². The number of aryl methyl sites for hydroxylation is 1. The van der Waals surface area contributed by atoms with Crippen molar-refractivity contribution in [2.45, 2.75) is 12.8 Å². The van der Waals surface area contributed by atoms with Gasteiger partial charge in [0.25, 0.3) is 5.91 Å². The fraction of sp³-hybridized carbons (Fsp3) is 0.214. The molecule has 0 bridgehead atoms. The van der Waals surface area contributed by atoms with Crippen molar-refractivity contribution in [3.8, 4) is 0 Å². The molecule has 2 aromatic heterocycles. The monoisotopic (exact) mass is 241 g/mol. The summed E-state index contributed by atoms with van der Waals surface area (Å²) < 4.78 is 0. The average molecular weight is 241 g/mol. The molecule has 0 spiro atoms. The molecule has 0 aliphatic carbocycles. The summed E-state index contributed by atoms with van der Waals surface area (Å²) in [6.07, 6.45) is 6.74. The normalized spacial score (nSPS) is 10.0. The summed E-state index contributed by atoms with van der Waals surface area (Å²) in [6.45, 7) is 0.643. The molecule has 0 aliphatic rings. The van der Waals surface area contributed by atoms with Gasteiger partial charge in [0.1, 0.15) is 0 Å². The molecule has 4 heteroatoms. The standard InChI is InChI=1S/C14H15N3O/c18-14(12-5-3-8-15-11-12)17-10-4-7-13-6-1-2-9-16-13/h1-3,5-6,8-9,11H,4,7,10H2,(H,17,18). The minimum Gasteiger partial charge on any atom is -0.352 e. The van der Waals surface area contributed by atoms with E-state index in [1.165, 1.54) is 0 Å². The number of carbonyl (C=O) groups is 1. The number of carbonyl (C=O) groups excluding carboxylic acids is 1. The number of hydrogen-bond acceptors (Lipinski definition) is 3. The van der Waals surface area contributed by atoms with Crippen LogP contribution in [0.4, 0.5) is 0 Å². The van der Waals surface area contributed by atoms with Gasteiger partial charge in [-0.05, 0) is 37.1 Å². The lowest BCUT2D eigenvalue weighted by Gasteiger charge is -2.04. The largest absolute Gasteiger partial charge is 0.352 e. The third-order valence-corrected chi connectivity index (χ3v) is 2.55. The second-order valence-corrected chi connectivity index (χ2v) is 3.92. The predicted molar refractivity (Wildman–Crippen MR) is 69.1 cm³/mol. The molecular weight excluding hydrogens is 226 g/mol. The molecule has 0 saturated heterocycles. The Morgan fingerprint density at radius 3 is 2.83 bits per heavy atom. The zero-order chi connectivity index (χ0) is 12.6. The highest BCUT2D eigenvalue weighted by molar-refractivity contribution is 5.93. The van der Waals surface area contributed by atoms with Gasteiger partial charge in [-0.15, -0.1) is 0 Å². The molecular formula is C14H15N3O. The lowest BCUT2D eigenvalue weighted by atomic mass is 10.2. The number of pyridine rings is 2. The summed E-state index contributed by atoms with van der Waals surface area (Å²) in [5.41, 5.74) is 1.64. The molecule has 0 unspecified atom stereocenters. The van der Waals surface area contributed by atoms with E-state index >= 15 is 0 Å². The fourth-order valence-corrected chi connectivity index (χ4v) is 1.62. The molecule has 92 valence electrons. The molecule has 0 saturated carbocycles. The maximum Gasteiger partial charge on any atom is 0.252 e. The van der Waals surface area contributed by atoms with Crippen LogP contribution in [0.15, 0.2) is 48.9 Å². The predicted octanol–water partition coefficient (Wildman–Crippen LogP) is 1.84. The topological polar surface area (TPSA) is 54.9 Å². The molecule has 1 amide bonds.